The first-order chi connectivity index (χ1) is 6.42. The number of hydrogen-bond acceptors (Lipinski definition) is 5. The van der Waals surface area contributed by atoms with Gasteiger partial charge in [0.05, 0.1) is 12.9 Å². The van der Waals surface area contributed by atoms with Gasteiger partial charge in [0.25, 0.3) is 10.1 Å². The third kappa shape index (κ3) is 3.89. The summed E-state index contributed by atoms with van der Waals surface area (Å²) >= 11 is 0. The molecular weight excluding hydrogens is 208 g/mol. The standard InChI is InChI=1S/C8H12O5S/c1-3-8(9)13-7-4-6(7)5-12-14(2,10)11/h3,6-7H,1,4-5H2,2H3. The fourth-order valence-corrected chi connectivity index (χ4v) is 1.37. The van der Waals surface area contributed by atoms with Crippen LogP contribution in [0.4, 0.5) is 0 Å². The zero-order chi connectivity index (χ0) is 10.8. The molecule has 0 aliphatic heterocycles. The molecule has 1 rings (SSSR count). The Bertz CT molecular complexity index is 332. The van der Waals surface area contributed by atoms with Crippen LogP contribution in [-0.4, -0.2) is 33.4 Å². The van der Waals surface area contributed by atoms with Crippen molar-refractivity contribution in [1.29, 1.82) is 0 Å². The molecule has 0 aromatic carbocycles. The first kappa shape index (κ1) is 11.2. The summed E-state index contributed by atoms with van der Waals surface area (Å²) in [4.78, 5) is 10.7. The summed E-state index contributed by atoms with van der Waals surface area (Å²) in [5.74, 6) is -0.495. The van der Waals surface area contributed by atoms with Gasteiger partial charge in [-0.25, -0.2) is 4.79 Å². The Morgan fingerprint density at radius 2 is 2.29 bits per heavy atom. The van der Waals surface area contributed by atoms with Gasteiger partial charge in [-0.05, 0) is 6.42 Å². The topological polar surface area (TPSA) is 69.7 Å². The normalized spacial score (nSPS) is 25.5. The van der Waals surface area contributed by atoms with E-state index in [1.54, 1.807) is 0 Å². The second-order valence-corrected chi connectivity index (χ2v) is 4.81. The van der Waals surface area contributed by atoms with Crippen LogP contribution in [-0.2, 0) is 23.8 Å². The Kier molecular flexibility index (Phi) is 3.28. The predicted octanol–water partition coefficient (Wildman–Crippen LogP) is 0.0803. The lowest BCUT2D eigenvalue weighted by Crippen LogP contribution is -2.10. The first-order valence-electron chi connectivity index (χ1n) is 4.10. The molecule has 0 aromatic rings. The third-order valence-corrected chi connectivity index (χ3v) is 2.35. The van der Waals surface area contributed by atoms with Crippen LogP contribution in [0.3, 0.4) is 0 Å². The largest absolute Gasteiger partial charge is 0.459 e. The highest BCUT2D eigenvalue weighted by Gasteiger charge is 2.41. The second-order valence-electron chi connectivity index (χ2n) is 3.16. The number of hydrogen-bond donors (Lipinski definition) is 0. The molecule has 2 unspecified atom stereocenters. The summed E-state index contributed by atoms with van der Waals surface area (Å²) in [7, 11) is -3.40. The van der Waals surface area contributed by atoms with E-state index in [0.717, 1.165) is 12.3 Å². The molecule has 0 N–H and O–H groups in total. The van der Waals surface area contributed by atoms with Crippen LogP contribution in [0.15, 0.2) is 12.7 Å². The van der Waals surface area contributed by atoms with E-state index >= 15 is 0 Å². The van der Waals surface area contributed by atoms with E-state index in [4.69, 9.17) is 4.74 Å². The minimum atomic E-state index is -3.40. The maximum absolute atomic E-state index is 10.7. The molecule has 0 spiro atoms. The molecule has 80 valence electrons. The minimum Gasteiger partial charge on any atom is -0.459 e. The van der Waals surface area contributed by atoms with Crippen molar-refractivity contribution in [1.82, 2.24) is 0 Å². The molecule has 1 aliphatic rings. The van der Waals surface area contributed by atoms with E-state index in [-0.39, 0.29) is 18.6 Å². The fourth-order valence-electron chi connectivity index (χ4n) is 0.948. The van der Waals surface area contributed by atoms with Crippen molar-refractivity contribution in [2.24, 2.45) is 5.92 Å². The lowest BCUT2D eigenvalue weighted by atomic mass is 10.5. The van der Waals surface area contributed by atoms with Crippen LogP contribution in [0.5, 0.6) is 0 Å². The van der Waals surface area contributed by atoms with E-state index in [0.29, 0.717) is 6.42 Å². The Labute approximate surface area is 82.8 Å². The summed E-state index contributed by atoms with van der Waals surface area (Å²) in [5, 5.41) is 0. The number of carbonyl (C=O) groups is 1. The van der Waals surface area contributed by atoms with Crippen LogP contribution in [0.25, 0.3) is 0 Å². The molecule has 1 saturated carbocycles. The highest BCUT2D eigenvalue weighted by atomic mass is 32.2. The van der Waals surface area contributed by atoms with Gasteiger partial charge in [0.2, 0.25) is 0 Å². The van der Waals surface area contributed by atoms with Gasteiger partial charge in [0.1, 0.15) is 6.10 Å². The SMILES string of the molecule is C=CC(=O)OC1CC1COS(C)(=O)=O. The van der Waals surface area contributed by atoms with E-state index in [2.05, 4.69) is 10.8 Å². The summed E-state index contributed by atoms with van der Waals surface area (Å²) in [5.41, 5.74) is 0. The van der Waals surface area contributed by atoms with Gasteiger partial charge in [0, 0.05) is 12.0 Å². The molecule has 2 atom stereocenters. The highest BCUT2D eigenvalue weighted by Crippen LogP contribution is 2.34. The maximum atomic E-state index is 10.7. The van der Waals surface area contributed by atoms with Gasteiger partial charge in [-0.2, -0.15) is 8.42 Å². The van der Waals surface area contributed by atoms with Crippen LogP contribution in [0.1, 0.15) is 6.42 Å². The van der Waals surface area contributed by atoms with E-state index < -0.39 is 16.1 Å². The van der Waals surface area contributed by atoms with Gasteiger partial charge in [-0.15, -0.1) is 0 Å². The van der Waals surface area contributed by atoms with Gasteiger partial charge in [-0.3, -0.25) is 4.18 Å². The number of rotatable bonds is 5. The zero-order valence-electron chi connectivity index (χ0n) is 7.80. The second kappa shape index (κ2) is 4.10. The summed E-state index contributed by atoms with van der Waals surface area (Å²) < 4.78 is 30.6. The van der Waals surface area contributed by atoms with Crippen molar-refractivity contribution in [2.75, 3.05) is 12.9 Å². The lowest BCUT2D eigenvalue weighted by Gasteiger charge is -2.01. The number of carbonyl (C=O) groups excluding carboxylic acids is 1. The van der Waals surface area contributed by atoms with Crippen molar-refractivity contribution < 1.29 is 22.1 Å². The van der Waals surface area contributed by atoms with E-state index in [1.807, 2.05) is 0 Å². The average molecular weight is 220 g/mol. The lowest BCUT2D eigenvalue weighted by molar-refractivity contribution is -0.139. The van der Waals surface area contributed by atoms with E-state index in [9.17, 15) is 13.2 Å². The van der Waals surface area contributed by atoms with Crippen molar-refractivity contribution in [3.8, 4) is 0 Å². The molecule has 0 radical (unpaired) electrons. The molecule has 0 saturated heterocycles. The summed E-state index contributed by atoms with van der Waals surface area (Å²) in [6.07, 6.45) is 2.49. The highest BCUT2D eigenvalue weighted by molar-refractivity contribution is 7.85. The smallest absolute Gasteiger partial charge is 0.330 e. The Balaban J connectivity index is 2.21. The molecule has 1 aliphatic carbocycles. The average Bonchev–Trinajstić information content (AvgIpc) is 2.79. The number of ether oxygens (including phenoxy) is 1. The van der Waals surface area contributed by atoms with Gasteiger partial charge in [0.15, 0.2) is 0 Å². The molecule has 0 amide bonds. The quantitative estimate of drug-likeness (QED) is 0.373. The van der Waals surface area contributed by atoms with Gasteiger partial charge in [-0.1, -0.05) is 6.58 Å². The summed E-state index contributed by atoms with van der Waals surface area (Å²) in [6.45, 7) is 3.33. The molecule has 0 bridgehead atoms. The Hall–Kier alpha value is -0.880. The van der Waals surface area contributed by atoms with Crippen LogP contribution in [0, 0.1) is 5.92 Å². The first-order valence-corrected chi connectivity index (χ1v) is 5.91. The molecule has 14 heavy (non-hydrogen) atoms. The Morgan fingerprint density at radius 3 is 2.79 bits per heavy atom. The molecular formula is C8H12O5S. The van der Waals surface area contributed by atoms with Gasteiger partial charge < -0.3 is 4.74 Å². The molecule has 5 nitrogen and oxygen atoms in total. The van der Waals surface area contributed by atoms with Crippen LogP contribution >= 0.6 is 0 Å². The molecule has 0 aromatic heterocycles. The predicted molar refractivity (Wildman–Crippen MR) is 49.0 cm³/mol. The van der Waals surface area contributed by atoms with Crippen molar-refractivity contribution in [2.45, 2.75) is 12.5 Å². The zero-order valence-corrected chi connectivity index (χ0v) is 8.62. The van der Waals surface area contributed by atoms with Crippen molar-refractivity contribution >= 4 is 16.1 Å². The monoisotopic (exact) mass is 220 g/mol. The van der Waals surface area contributed by atoms with Crippen molar-refractivity contribution in [3.63, 3.8) is 0 Å². The number of esters is 1. The van der Waals surface area contributed by atoms with Crippen LogP contribution in [0.2, 0.25) is 0 Å². The van der Waals surface area contributed by atoms with Crippen LogP contribution < -0.4 is 0 Å². The van der Waals surface area contributed by atoms with Gasteiger partial charge >= 0.3 is 5.97 Å². The minimum absolute atomic E-state index is 0.00590. The Morgan fingerprint density at radius 1 is 1.64 bits per heavy atom. The van der Waals surface area contributed by atoms with Crippen molar-refractivity contribution in [3.05, 3.63) is 12.7 Å². The third-order valence-electron chi connectivity index (χ3n) is 1.79. The molecule has 0 heterocycles. The molecule has 1 fully saturated rings. The maximum Gasteiger partial charge on any atom is 0.330 e. The molecule has 6 heteroatoms. The summed E-state index contributed by atoms with van der Waals surface area (Å²) in [6, 6.07) is 0. The van der Waals surface area contributed by atoms with E-state index in [1.165, 1.54) is 0 Å². The fraction of sp³-hybridized carbons (Fsp3) is 0.625.